The van der Waals surface area contributed by atoms with Gasteiger partial charge in [-0.1, -0.05) is 12.1 Å². The lowest BCUT2D eigenvalue weighted by Gasteiger charge is -2.06. The zero-order chi connectivity index (χ0) is 15.1. The highest BCUT2D eigenvalue weighted by Gasteiger charge is 2.10. The third-order valence-corrected chi connectivity index (χ3v) is 5.26. The Morgan fingerprint density at radius 3 is 2.76 bits per heavy atom. The van der Waals surface area contributed by atoms with Crippen molar-refractivity contribution in [3.8, 4) is 0 Å². The molecule has 0 aliphatic heterocycles. The van der Waals surface area contributed by atoms with E-state index < -0.39 is 10.0 Å². The molecule has 0 saturated heterocycles. The van der Waals surface area contributed by atoms with Crippen LogP contribution < -0.4 is 10.5 Å². The standard InChI is InChI=1S/C14H17N3O2S2/c15-12-4-3-6-14(10-12)20-8-9-21(18,19)17-11-13-5-1-2-7-16-13/h1-7,10,17H,8-9,11,15H2. The SMILES string of the molecule is Nc1cccc(SCCS(=O)(=O)NCc2ccccn2)c1. The van der Waals surface area contributed by atoms with Gasteiger partial charge in [-0.15, -0.1) is 11.8 Å². The minimum atomic E-state index is -3.30. The van der Waals surface area contributed by atoms with E-state index in [-0.39, 0.29) is 12.3 Å². The summed E-state index contributed by atoms with van der Waals surface area (Å²) in [6.45, 7) is 0.214. The number of anilines is 1. The number of nitrogen functional groups attached to an aromatic ring is 1. The predicted molar refractivity (Wildman–Crippen MR) is 86.4 cm³/mol. The van der Waals surface area contributed by atoms with Gasteiger partial charge in [-0.05, 0) is 30.3 Å². The molecule has 5 nitrogen and oxygen atoms in total. The molecule has 2 rings (SSSR count). The Bertz CT molecular complexity index is 676. The van der Waals surface area contributed by atoms with Gasteiger partial charge in [-0.25, -0.2) is 13.1 Å². The van der Waals surface area contributed by atoms with Crippen molar-refractivity contribution in [3.05, 3.63) is 54.4 Å². The van der Waals surface area contributed by atoms with Crippen LogP contribution in [0.25, 0.3) is 0 Å². The van der Waals surface area contributed by atoms with Crippen LogP contribution in [0.3, 0.4) is 0 Å². The van der Waals surface area contributed by atoms with Crippen molar-refractivity contribution >= 4 is 27.5 Å². The number of pyridine rings is 1. The lowest BCUT2D eigenvalue weighted by atomic mass is 10.3. The molecule has 0 fully saturated rings. The molecule has 0 saturated carbocycles. The fourth-order valence-corrected chi connectivity index (χ4v) is 3.99. The van der Waals surface area contributed by atoms with Gasteiger partial charge in [0, 0.05) is 22.5 Å². The number of hydrogen-bond acceptors (Lipinski definition) is 5. The summed E-state index contributed by atoms with van der Waals surface area (Å²) in [5, 5.41) is 0. The molecule has 0 amide bonds. The number of sulfonamides is 1. The Kier molecular flexibility index (Phi) is 5.60. The Balaban J connectivity index is 1.79. The maximum absolute atomic E-state index is 11.9. The molecular weight excluding hydrogens is 306 g/mol. The fourth-order valence-electron chi connectivity index (χ4n) is 1.63. The number of nitrogens with two attached hydrogens (primary N) is 1. The lowest BCUT2D eigenvalue weighted by molar-refractivity contribution is 0.582. The molecule has 7 heteroatoms. The van der Waals surface area contributed by atoms with E-state index in [0.29, 0.717) is 17.1 Å². The molecule has 1 aromatic carbocycles. The first-order valence-electron chi connectivity index (χ1n) is 6.41. The highest BCUT2D eigenvalue weighted by molar-refractivity contribution is 8.00. The number of nitrogens with one attached hydrogen (secondary N) is 1. The first kappa shape index (κ1) is 15.8. The zero-order valence-electron chi connectivity index (χ0n) is 11.4. The van der Waals surface area contributed by atoms with Crippen LogP contribution in [0, 0.1) is 0 Å². The average Bonchev–Trinajstić information content (AvgIpc) is 2.46. The van der Waals surface area contributed by atoms with Crippen LogP contribution in [0.15, 0.2) is 53.6 Å². The molecule has 1 heterocycles. The minimum Gasteiger partial charge on any atom is -0.399 e. The number of aromatic nitrogens is 1. The van der Waals surface area contributed by atoms with Crippen LogP contribution in [0.1, 0.15) is 5.69 Å². The molecule has 0 spiro atoms. The molecule has 0 aliphatic carbocycles. The summed E-state index contributed by atoms with van der Waals surface area (Å²) in [5.41, 5.74) is 7.05. The van der Waals surface area contributed by atoms with Crippen molar-refractivity contribution in [1.29, 1.82) is 0 Å². The van der Waals surface area contributed by atoms with E-state index in [2.05, 4.69) is 9.71 Å². The van der Waals surface area contributed by atoms with Crippen LogP contribution in [0.4, 0.5) is 5.69 Å². The highest BCUT2D eigenvalue weighted by atomic mass is 32.2. The third-order valence-electron chi connectivity index (χ3n) is 2.68. The van der Waals surface area contributed by atoms with Gasteiger partial charge >= 0.3 is 0 Å². The average molecular weight is 323 g/mol. The van der Waals surface area contributed by atoms with Crippen LogP contribution in [-0.4, -0.2) is 24.9 Å². The van der Waals surface area contributed by atoms with Crippen molar-refractivity contribution in [1.82, 2.24) is 9.71 Å². The number of benzene rings is 1. The maximum Gasteiger partial charge on any atom is 0.212 e. The van der Waals surface area contributed by atoms with Crippen LogP contribution >= 0.6 is 11.8 Å². The van der Waals surface area contributed by atoms with E-state index in [0.717, 1.165) is 4.90 Å². The van der Waals surface area contributed by atoms with Gasteiger partial charge in [0.25, 0.3) is 0 Å². The molecule has 3 N–H and O–H groups in total. The van der Waals surface area contributed by atoms with E-state index in [1.807, 2.05) is 24.3 Å². The van der Waals surface area contributed by atoms with Crippen LogP contribution in [-0.2, 0) is 16.6 Å². The predicted octanol–water partition coefficient (Wildman–Crippen LogP) is 1.88. The molecule has 0 bridgehead atoms. The quantitative estimate of drug-likeness (QED) is 0.600. The first-order chi connectivity index (χ1) is 10.1. The molecule has 1 aromatic heterocycles. The van der Waals surface area contributed by atoms with Crippen LogP contribution in [0.5, 0.6) is 0 Å². The Hall–Kier alpha value is -1.57. The molecule has 0 unspecified atom stereocenters. The van der Waals surface area contributed by atoms with E-state index in [9.17, 15) is 8.42 Å². The second-order valence-electron chi connectivity index (χ2n) is 4.38. The van der Waals surface area contributed by atoms with Gasteiger partial charge in [0.05, 0.1) is 18.0 Å². The van der Waals surface area contributed by atoms with Crippen molar-refractivity contribution in [2.45, 2.75) is 11.4 Å². The molecule has 21 heavy (non-hydrogen) atoms. The summed E-state index contributed by atoms with van der Waals surface area (Å²) >= 11 is 1.47. The van der Waals surface area contributed by atoms with Gasteiger partial charge < -0.3 is 5.73 Å². The first-order valence-corrected chi connectivity index (χ1v) is 9.04. The van der Waals surface area contributed by atoms with Gasteiger partial charge in [0.1, 0.15) is 0 Å². The summed E-state index contributed by atoms with van der Waals surface area (Å²) in [7, 11) is -3.30. The molecule has 112 valence electrons. The lowest BCUT2D eigenvalue weighted by Crippen LogP contribution is -2.27. The second kappa shape index (κ2) is 7.44. The molecule has 0 radical (unpaired) electrons. The molecular formula is C14H17N3O2S2. The number of rotatable bonds is 7. The van der Waals surface area contributed by atoms with Crippen molar-refractivity contribution < 1.29 is 8.42 Å². The third kappa shape index (κ3) is 5.74. The Morgan fingerprint density at radius 2 is 2.05 bits per heavy atom. The van der Waals surface area contributed by atoms with E-state index >= 15 is 0 Å². The Morgan fingerprint density at radius 1 is 1.19 bits per heavy atom. The Labute approximate surface area is 129 Å². The highest BCUT2D eigenvalue weighted by Crippen LogP contribution is 2.20. The van der Waals surface area contributed by atoms with Gasteiger partial charge in [-0.2, -0.15) is 0 Å². The summed E-state index contributed by atoms with van der Waals surface area (Å²) in [5.74, 6) is 0.528. The number of nitrogens with zero attached hydrogens (tertiary/aromatic N) is 1. The van der Waals surface area contributed by atoms with E-state index in [4.69, 9.17) is 5.73 Å². The molecule has 0 aliphatic rings. The topological polar surface area (TPSA) is 85.1 Å². The zero-order valence-corrected chi connectivity index (χ0v) is 13.0. The summed E-state index contributed by atoms with van der Waals surface area (Å²) in [6.07, 6.45) is 1.64. The van der Waals surface area contributed by atoms with Crippen molar-refractivity contribution in [3.63, 3.8) is 0 Å². The van der Waals surface area contributed by atoms with Gasteiger partial charge in [-0.3, -0.25) is 4.98 Å². The van der Waals surface area contributed by atoms with Crippen LogP contribution in [0.2, 0.25) is 0 Å². The van der Waals surface area contributed by atoms with E-state index in [1.165, 1.54) is 11.8 Å². The largest absolute Gasteiger partial charge is 0.399 e. The minimum absolute atomic E-state index is 0.0549. The van der Waals surface area contributed by atoms with Crippen molar-refractivity contribution in [2.24, 2.45) is 0 Å². The van der Waals surface area contributed by atoms with Crippen molar-refractivity contribution in [2.75, 3.05) is 17.2 Å². The summed E-state index contributed by atoms with van der Waals surface area (Å²) in [4.78, 5) is 5.04. The van der Waals surface area contributed by atoms with Gasteiger partial charge in [0.15, 0.2) is 0 Å². The monoisotopic (exact) mass is 323 g/mol. The smallest absolute Gasteiger partial charge is 0.212 e. The molecule has 0 atom stereocenters. The summed E-state index contributed by atoms with van der Waals surface area (Å²) < 4.78 is 26.3. The fraction of sp³-hybridized carbons (Fsp3) is 0.214. The summed E-state index contributed by atoms with van der Waals surface area (Å²) in [6, 6.07) is 12.8. The maximum atomic E-state index is 11.9. The van der Waals surface area contributed by atoms with E-state index in [1.54, 1.807) is 24.4 Å². The number of thioether (sulfide) groups is 1. The normalized spacial score (nSPS) is 11.4. The second-order valence-corrected chi connectivity index (χ2v) is 7.48. The molecule has 2 aromatic rings. The number of hydrogen-bond donors (Lipinski definition) is 2. The van der Waals surface area contributed by atoms with Gasteiger partial charge in [0.2, 0.25) is 10.0 Å².